The number of nitrogens with one attached hydrogen (secondary N) is 1. The molecule has 1 heterocycles. The van der Waals surface area contributed by atoms with E-state index in [2.05, 4.69) is 38.0 Å². The van der Waals surface area contributed by atoms with Gasteiger partial charge in [-0.1, -0.05) is 45.7 Å². The second kappa shape index (κ2) is 13.0. The van der Waals surface area contributed by atoms with Crippen molar-refractivity contribution < 1.29 is 32.7 Å². The molecule has 0 unspecified atom stereocenters. The smallest absolute Gasteiger partial charge is 0.266 e. The molecule has 0 spiro atoms. The fourth-order valence-corrected chi connectivity index (χ4v) is 11.1. The number of amides is 1. The highest BCUT2D eigenvalue weighted by Crippen LogP contribution is 2.69. The number of hydrogen-bond acceptors (Lipinski definition) is 7. The minimum atomic E-state index is -4.17. The van der Waals surface area contributed by atoms with Crippen molar-refractivity contribution in [3.05, 3.63) is 22.8 Å². The number of aliphatic hydroxyl groups is 2. The van der Waals surface area contributed by atoms with E-state index in [1.807, 2.05) is 0 Å². The molecule has 4 saturated carbocycles. The van der Waals surface area contributed by atoms with Crippen LogP contribution in [-0.4, -0.2) is 65.2 Å². The molecule has 4 aliphatic carbocycles. The molecule has 11 atom stereocenters. The highest BCUT2D eigenvalue weighted by atomic mass is 35.5. The fourth-order valence-electron chi connectivity index (χ4n) is 10.5. The number of aliphatic hydroxyl groups excluding tert-OH is 2. The maximum absolute atomic E-state index is 12.3. The lowest BCUT2D eigenvalue weighted by Crippen LogP contribution is -2.62. The highest BCUT2D eigenvalue weighted by molar-refractivity contribution is 7.85. The average molecular weight is 655 g/mol. The number of pyridine rings is 1. The summed E-state index contributed by atoms with van der Waals surface area (Å²) in [6.07, 6.45) is 10.1. The third-order valence-corrected chi connectivity index (χ3v) is 13.7. The zero-order chi connectivity index (χ0) is 32.0. The van der Waals surface area contributed by atoms with Gasteiger partial charge in [0.25, 0.3) is 16.0 Å². The summed E-state index contributed by atoms with van der Waals surface area (Å²) in [5.74, 6) is 2.12. The summed E-state index contributed by atoms with van der Waals surface area (Å²) >= 11 is 6.36. The second-order valence-electron chi connectivity index (χ2n) is 14.8. The van der Waals surface area contributed by atoms with Crippen LogP contribution in [0.3, 0.4) is 0 Å². The zero-order valence-electron chi connectivity index (χ0n) is 26.5. The monoisotopic (exact) mass is 654 g/mol. The number of rotatable bonds is 10. The molecule has 44 heavy (non-hydrogen) atoms. The predicted octanol–water partition coefficient (Wildman–Crippen LogP) is 5.38. The molecular formula is C33H51ClN2O7S. The van der Waals surface area contributed by atoms with Gasteiger partial charge in [0.1, 0.15) is 5.02 Å². The van der Waals surface area contributed by atoms with Crippen LogP contribution in [0.5, 0.6) is 5.88 Å². The summed E-state index contributed by atoms with van der Waals surface area (Å²) in [7, 11) is -4.17. The van der Waals surface area contributed by atoms with Gasteiger partial charge in [-0.25, -0.2) is 4.98 Å². The van der Waals surface area contributed by atoms with E-state index in [1.54, 1.807) is 0 Å². The van der Waals surface area contributed by atoms with Crippen LogP contribution in [0, 0.1) is 52.3 Å². The molecule has 248 valence electrons. The van der Waals surface area contributed by atoms with E-state index >= 15 is 0 Å². The summed E-state index contributed by atoms with van der Waals surface area (Å²) in [5.41, 5.74) is 0.550. The van der Waals surface area contributed by atoms with Gasteiger partial charge >= 0.3 is 0 Å². The minimum Gasteiger partial charge on any atom is -0.477 e. The van der Waals surface area contributed by atoms with Crippen LogP contribution >= 0.6 is 11.6 Å². The Morgan fingerprint density at radius 2 is 1.84 bits per heavy atom. The Morgan fingerprint density at radius 3 is 2.52 bits per heavy atom. The molecular weight excluding hydrogens is 604 g/mol. The van der Waals surface area contributed by atoms with Crippen molar-refractivity contribution in [1.82, 2.24) is 10.3 Å². The number of halogens is 1. The number of fused-ring (bicyclic) bond motifs is 5. The lowest BCUT2D eigenvalue weighted by molar-refractivity contribution is -0.203. The van der Waals surface area contributed by atoms with Gasteiger partial charge in [0.2, 0.25) is 5.88 Å². The summed E-state index contributed by atoms with van der Waals surface area (Å²) < 4.78 is 36.5. The topological polar surface area (TPSA) is 146 Å². The first kappa shape index (κ1) is 33.9. The van der Waals surface area contributed by atoms with Crippen LogP contribution in [0.4, 0.5) is 0 Å². The quantitative estimate of drug-likeness (QED) is 0.246. The molecule has 1 aromatic rings. The van der Waals surface area contributed by atoms with Gasteiger partial charge in [0.05, 0.1) is 30.1 Å². The van der Waals surface area contributed by atoms with Gasteiger partial charge in [0, 0.05) is 12.7 Å². The Labute approximate surface area is 267 Å². The van der Waals surface area contributed by atoms with Gasteiger partial charge in [-0.2, -0.15) is 8.42 Å². The molecule has 1 aromatic heterocycles. The number of nitrogens with zero attached hydrogens (tertiary/aromatic N) is 1. The van der Waals surface area contributed by atoms with Crippen molar-refractivity contribution in [1.29, 1.82) is 0 Å². The van der Waals surface area contributed by atoms with E-state index in [-0.39, 0.29) is 52.0 Å². The highest BCUT2D eigenvalue weighted by Gasteiger charge is 2.64. The van der Waals surface area contributed by atoms with Crippen molar-refractivity contribution in [2.75, 3.05) is 18.9 Å². The molecule has 4 N–H and O–H groups in total. The van der Waals surface area contributed by atoms with Crippen molar-refractivity contribution in [2.45, 2.75) is 97.7 Å². The Bertz CT molecular complexity index is 1310. The van der Waals surface area contributed by atoms with Crippen molar-refractivity contribution in [3.8, 4) is 5.88 Å². The largest absolute Gasteiger partial charge is 0.477 e. The average Bonchev–Trinajstić information content (AvgIpc) is 3.31. The molecule has 11 heteroatoms. The third-order valence-electron chi connectivity index (χ3n) is 12.7. The SMILES string of the molecule is CC[C@H]1[C@@H](O)[C@@H]2[C@H](CC[C@]3(C)[C@@H]([C@H](C)CCOc4ncc(C(=O)NCCS(=O)(=O)O)cc4Cl)CC[C@@H]23)[C@@]2(C)CC[C@@H](O)C[C@@H]12. The van der Waals surface area contributed by atoms with E-state index in [4.69, 9.17) is 20.9 Å². The number of ether oxygens (including phenoxy) is 1. The lowest BCUT2D eigenvalue weighted by atomic mass is 9.41. The number of carbonyl (C=O) groups is 1. The van der Waals surface area contributed by atoms with Crippen LogP contribution in [0.15, 0.2) is 12.3 Å². The second-order valence-corrected chi connectivity index (χ2v) is 16.8. The molecule has 0 aromatic carbocycles. The van der Waals surface area contributed by atoms with Crippen LogP contribution in [-0.2, 0) is 10.1 Å². The molecule has 1 amide bonds. The van der Waals surface area contributed by atoms with E-state index in [1.165, 1.54) is 18.7 Å². The molecule has 4 aliphatic rings. The first-order valence-corrected chi connectivity index (χ1v) is 18.6. The summed E-state index contributed by atoms with van der Waals surface area (Å²) in [4.78, 5) is 16.5. The predicted molar refractivity (Wildman–Crippen MR) is 169 cm³/mol. The minimum absolute atomic E-state index is 0.173. The number of aromatic nitrogens is 1. The molecule has 5 rings (SSSR count). The fraction of sp³-hybridized carbons (Fsp3) is 0.818. The maximum Gasteiger partial charge on any atom is 0.266 e. The molecule has 9 nitrogen and oxygen atoms in total. The Hall–Kier alpha value is -1.46. The van der Waals surface area contributed by atoms with Crippen LogP contribution in [0.25, 0.3) is 0 Å². The zero-order valence-corrected chi connectivity index (χ0v) is 28.1. The first-order chi connectivity index (χ1) is 20.7. The summed E-state index contributed by atoms with van der Waals surface area (Å²) in [6.45, 7) is 9.71. The Morgan fingerprint density at radius 1 is 1.14 bits per heavy atom. The van der Waals surface area contributed by atoms with Gasteiger partial charge in [0.15, 0.2) is 0 Å². The standard InChI is InChI=1S/C33H51ClN2O7S/c1-5-22-26-17-21(37)8-11-33(26,4)25-9-12-32(3)23(6-7-24(32)28(25)29(22)38)19(2)10-14-43-31-27(34)16-20(18-36-31)30(39)35-13-15-44(40,41)42/h16,18-19,21-26,28-29,37-38H,5-15,17H2,1-4H3,(H,35,39)(H,40,41,42)/t19-,21-,22-,23-,24+,25+,26+,28+,29-,32-,33-/m1/s1. The molecule has 0 saturated heterocycles. The Balaban J connectivity index is 1.20. The maximum atomic E-state index is 12.3. The van der Waals surface area contributed by atoms with E-state index in [9.17, 15) is 23.4 Å². The van der Waals surface area contributed by atoms with Crippen molar-refractivity contribution >= 4 is 27.6 Å². The van der Waals surface area contributed by atoms with Gasteiger partial charge in [-0.3, -0.25) is 9.35 Å². The van der Waals surface area contributed by atoms with Crippen LogP contribution < -0.4 is 10.1 Å². The van der Waals surface area contributed by atoms with Crippen molar-refractivity contribution in [3.63, 3.8) is 0 Å². The van der Waals surface area contributed by atoms with Gasteiger partial charge in [-0.05, 0) is 110 Å². The van der Waals surface area contributed by atoms with Gasteiger partial charge in [-0.15, -0.1) is 0 Å². The van der Waals surface area contributed by atoms with E-state index in [0.29, 0.717) is 42.1 Å². The summed E-state index contributed by atoms with van der Waals surface area (Å²) in [5, 5.41) is 25.1. The first-order valence-electron chi connectivity index (χ1n) is 16.6. The van der Waals surface area contributed by atoms with Crippen LogP contribution in [0.1, 0.15) is 95.8 Å². The van der Waals surface area contributed by atoms with Crippen LogP contribution in [0.2, 0.25) is 5.02 Å². The molecule has 0 radical (unpaired) electrons. The molecule has 4 fully saturated rings. The summed E-state index contributed by atoms with van der Waals surface area (Å²) in [6, 6.07) is 1.44. The number of hydrogen-bond donors (Lipinski definition) is 4. The third kappa shape index (κ3) is 6.40. The molecule has 0 aliphatic heterocycles. The molecule has 0 bridgehead atoms. The van der Waals surface area contributed by atoms with Crippen molar-refractivity contribution in [2.24, 2.45) is 52.3 Å². The normalized spacial score (nSPS) is 39.1. The van der Waals surface area contributed by atoms with E-state index < -0.39 is 21.8 Å². The lowest BCUT2D eigenvalue weighted by Gasteiger charge is -2.64. The Kier molecular flexibility index (Phi) is 9.99. The van der Waals surface area contributed by atoms with Gasteiger partial charge < -0.3 is 20.3 Å². The van der Waals surface area contributed by atoms with E-state index in [0.717, 1.165) is 51.4 Å². The number of carbonyl (C=O) groups excluding carboxylic acids is 1.